The number of urea groups is 1. The number of hydrogen-bond acceptors (Lipinski definition) is 3. The fourth-order valence-electron chi connectivity index (χ4n) is 2.64. The molecule has 1 aliphatic carbocycles. The molecule has 1 saturated carbocycles. The van der Waals surface area contributed by atoms with Crippen LogP contribution in [0, 0.1) is 5.41 Å². The zero-order valence-electron chi connectivity index (χ0n) is 12.0. The van der Waals surface area contributed by atoms with Crippen LogP contribution in [-0.2, 0) is 4.79 Å². The molecular formula is C15H20N2O3S. The summed E-state index contributed by atoms with van der Waals surface area (Å²) in [7, 11) is 0. The van der Waals surface area contributed by atoms with Gasteiger partial charge in [0.25, 0.3) is 0 Å². The molecule has 0 bridgehead atoms. The van der Waals surface area contributed by atoms with Gasteiger partial charge in [-0.15, -0.1) is 11.8 Å². The van der Waals surface area contributed by atoms with Crippen molar-refractivity contribution < 1.29 is 14.7 Å². The van der Waals surface area contributed by atoms with E-state index in [1.165, 1.54) is 0 Å². The van der Waals surface area contributed by atoms with Gasteiger partial charge in [0.2, 0.25) is 0 Å². The molecule has 0 saturated heterocycles. The quantitative estimate of drug-likeness (QED) is 0.730. The maximum absolute atomic E-state index is 11.9. The normalized spacial score (nSPS) is 16.4. The molecule has 2 rings (SSSR count). The predicted molar refractivity (Wildman–Crippen MR) is 83.8 cm³/mol. The first-order valence-corrected chi connectivity index (χ1v) is 8.20. The fraction of sp³-hybridized carbons (Fsp3) is 0.467. The molecule has 0 spiro atoms. The number of benzene rings is 1. The Bertz CT molecular complexity index is 527. The smallest absolute Gasteiger partial charge is 0.319 e. The maximum atomic E-state index is 11.9. The lowest BCUT2D eigenvalue weighted by atomic mass is 9.86. The number of nitrogens with one attached hydrogen (secondary N) is 2. The zero-order valence-corrected chi connectivity index (χ0v) is 12.8. The van der Waals surface area contributed by atoms with Gasteiger partial charge in [-0.05, 0) is 37.3 Å². The van der Waals surface area contributed by atoms with Crippen LogP contribution >= 0.6 is 11.8 Å². The topological polar surface area (TPSA) is 78.4 Å². The van der Waals surface area contributed by atoms with Crippen LogP contribution in [0.4, 0.5) is 10.5 Å². The number of amides is 2. The average Bonchev–Trinajstić information content (AvgIpc) is 2.95. The van der Waals surface area contributed by atoms with E-state index in [1.54, 1.807) is 11.8 Å². The number of aliphatic carboxylic acids is 1. The van der Waals surface area contributed by atoms with Crippen LogP contribution in [0.15, 0.2) is 29.2 Å². The number of hydrogen-bond donors (Lipinski definition) is 3. The number of carbonyl (C=O) groups excluding carboxylic acids is 1. The third-order valence-corrected chi connectivity index (χ3v) is 4.65. The SMILES string of the molecule is CSc1cccc(NC(=O)NCC2(C(=O)O)CCCC2)c1. The standard InChI is InChI=1S/C15H20N2O3S/c1-21-12-6-4-5-11(9-12)17-14(20)16-10-15(13(18)19)7-2-3-8-15/h4-6,9H,2-3,7-8,10H2,1H3,(H,18,19)(H2,16,17,20). The van der Waals surface area contributed by atoms with Gasteiger partial charge in [0.15, 0.2) is 0 Å². The minimum atomic E-state index is -0.815. The molecule has 5 nitrogen and oxygen atoms in total. The molecule has 0 unspecified atom stereocenters. The largest absolute Gasteiger partial charge is 0.481 e. The van der Waals surface area contributed by atoms with Gasteiger partial charge >= 0.3 is 12.0 Å². The van der Waals surface area contributed by atoms with Gasteiger partial charge in [0.05, 0.1) is 5.41 Å². The summed E-state index contributed by atoms with van der Waals surface area (Å²) in [5, 5.41) is 14.8. The second-order valence-corrected chi connectivity index (χ2v) is 6.21. The molecule has 0 aliphatic heterocycles. The highest BCUT2D eigenvalue weighted by atomic mass is 32.2. The number of thioether (sulfide) groups is 1. The van der Waals surface area contributed by atoms with Crippen molar-refractivity contribution in [3.05, 3.63) is 24.3 Å². The molecule has 114 valence electrons. The molecule has 2 amide bonds. The van der Waals surface area contributed by atoms with Gasteiger partial charge in [-0.3, -0.25) is 4.79 Å². The van der Waals surface area contributed by atoms with Gasteiger partial charge in [0, 0.05) is 17.1 Å². The molecule has 1 aliphatic rings. The van der Waals surface area contributed by atoms with Crippen molar-refractivity contribution in [1.29, 1.82) is 0 Å². The lowest BCUT2D eigenvalue weighted by Crippen LogP contribution is -2.42. The number of carboxylic acids is 1. The monoisotopic (exact) mass is 308 g/mol. The van der Waals surface area contributed by atoms with Gasteiger partial charge in [-0.25, -0.2) is 4.79 Å². The molecular weight excluding hydrogens is 288 g/mol. The Morgan fingerprint density at radius 1 is 1.33 bits per heavy atom. The van der Waals surface area contributed by atoms with Crippen LogP contribution in [0.1, 0.15) is 25.7 Å². The van der Waals surface area contributed by atoms with Crippen LogP contribution in [0.2, 0.25) is 0 Å². The van der Waals surface area contributed by atoms with Crippen molar-refractivity contribution in [3.8, 4) is 0 Å². The Morgan fingerprint density at radius 2 is 2.05 bits per heavy atom. The molecule has 0 radical (unpaired) electrons. The van der Waals surface area contributed by atoms with Crippen LogP contribution < -0.4 is 10.6 Å². The highest BCUT2D eigenvalue weighted by Gasteiger charge is 2.41. The van der Waals surface area contributed by atoms with E-state index in [0.29, 0.717) is 18.5 Å². The molecule has 6 heteroatoms. The first kappa shape index (κ1) is 15.7. The highest BCUT2D eigenvalue weighted by Crippen LogP contribution is 2.37. The summed E-state index contributed by atoms with van der Waals surface area (Å²) < 4.78 is 0. The molecule has 3 N–H and O–H groups in total. The third kappa shape index (κ3) is 3.91. The molecule has 0 heterocycles. The number of rotatable bonds is 5. The number of carbonyl (C=O) groups is 2. The lowest BCUT2D eigenvalue weighted by molar-refractivity contribution is -0.148. The van der Waals surface area contributed by atoms with Crippen molar-refractivity contribution in [2.75, 3.05) is 18.1 Å². The number of anilines is 1. The Balaban J connectivity index is 1.91. The summed E-state index contributed by atoms with van der Waals surface area (Å²) in [6.07, 6.45) is 5.04. The van der Waals surface area contributed by atoms with Crippen LogP contribution in [0.5, 0.6) is 0 Å². The Kier molecular flexibility index (Phi) is 5.12. The summed E-state index contributed by atoms with van der Waals surface area (Å²) in [6, 6.07) is 7.16. The molecule has 0 aromatic heterocycles. The van der Waals surface area contributed by atoms with E-state index >= 15 is 0 Å². The van der Waals surface area contributed by atoms with E-state index in [-0.39, 0.29) is 12.6 Å². The van der Waals surface area contributed by atoms with E-state index in [2.05, 4.69) is 10.6 Å². The first-order valence-electron chi connectivity index (χ1n) is 6.98. The van der Waals surface area contributed by atoms with Gasteiger partial charge in [-0.1, -0.05) is 18.9 Å². The lowest BCUT2D eigenvalue weighted by Gasteiger charge is -2.24. The highest BCUT2D eigenvalue weighted by molar-refractivity contribution is 7.98. The predicted octanol–water partition coefficient (Wildman–Crippen LogP) is 3.18. The van der Waals surface area contributed by atoms with Crippen LogP contribution in [0.3, 0.4) is 0 Å². The third-order valence-electron chi connectivity index (χ3n) is 3.93. The van der Waals surface area contributed by atoms with Gasteiger partial charge in [-0.2, -0.15) is 0 Å². The maximum Gasteiger partial charge on any atom is 0.319 e. The zero-order chi connectivity index (χ0) is 15.3. The second kappa shape index (κ2) is 6.85. The summed E-state index contributed by atoms with van der Waals surface area (Å²) in [5.41, 5.74) is -0.0894. The first-order chi connectivity index (χ1) is 10.1. The summed E-state index contributed by atoms with van der Waals surface area (Å²) in [4.78, 5) is 24.4. The van der Waals surface area contributed by atoms with Crippen molar-refractivity contribution >= 4 is 29.4 Å². The Morgan fingerprint density at radius 3 is 2.67 bits per heavy atom. The average molecular weight is 308 g/mol. The van der Waals surface area contributed by atoms with E-state index in [9.17, 15) is 14.7 Å². The van der Waals surface area contributed by atoms with E-state index < -0.39 is 11.4 Å². The Hall–Kier alpha value is -1.69. The molecule has 1 aromatic rings. The van der Waals surface area contributed by atoms with E-state index in [4.69, 9.17) is 0 Å². The summed E-state index contributed by atoms with van der Waals surface area (Å²) in [6.45, 7) is 0.177. The van der Waals surface area contributed by atoms with Crippen molar-refractivity contribution in [3.63, 3.8) is 0 Å². The Labute approximate surface area is 128 Å². The fourth-order valence-corrected chi connectivity index (χ4v) is 3.10. The van der Waals surface area contributed by atoms with Crippen LogP contribution in [-0.4, -0.2) is 29.9 Å². The minimum Gasteiger partial charge on any atom is -0.481 e. The molecule has 1 aromatic carbocycles. The number of carboxylic acid groups (broad SMARTS) is 1. The molecule has 1 fully saturated rings. The summed E-state index contributed by atoms with van der Waals surface area (Å²) >= 11 is 1.60. The molecule has 21 heavy (non-hydrogen) atoms. The van der Waals surface area contributed by atoms with Gasteiger partial charge in [0.1, 0.15) is 0 Å². The van der Waals surface area contributed by atoms with Crippen molar-refractivity contribution in [2.45, 2.75) is 30.6 Å². The van der Waals surface area contributed by atoms with Crippen molar-refractivity contribution in [2.24, 2.45) is 5.41 Å². The van der Waals surface area contributed by atoms with Gasteiger partial charge < -0.3 is 15.7 Å². The van der Waals surface area contributed by atoms with E-state index in [0.717, 1.165) is 17.7 Å². The second-order valence-electron chi connectivity index (χ2n) is 5.33. The minimum absolute atomic E-state index is 0.177. The summed E-state index contributed by atoms with van der Waals surface area (Å²) in [5.74, 6) is -0.815. The van der Waals surface area contributed by atoms with Crippen molar-refractivity contribution in [1.82, 2.24) is 5.32 Å². The van der Waals surface area contributed by atoms with E-state index in [1.807, 2.05) is 30.5 Å². The van der Waals surface area contributed by atoms with Crippen LogP contribution in [0.25, 0.3) is 0 Å². The molecule has 0 atom stereocenters.